The first kappa shape index (κ1) is 13.2. The maximum atomic E-state index is 12.6. The number of hydrogen-bond donors (Lipinski definition) is 0. The Kier molecular flexibility index (Phi) is 3.36. The first-order chi connectivity index (χ1) is 10.2. The van der Waals surface area contributed by atoms with E-state index in [4.69, 9.17) is 13.9 Å². The average Bonchev–Trinajstić information content (AvgIpc) is 2.55. The summed E-state index contributed by atoms with van der Waals surface area (Å²) in [6.07, 6.45) is 1.49. The van der Waals surface area contributed by atoms with Crippen LogP contribution in [0.2, 0.25) is 0 Å². The molecule has 0 saturated carbocycles. The fourth-order valence-corrected chi connectivity index (χ4v) is 2.21. The minimum Gasteiger partial charge on any atom is -0.497 e. The number of ether oxygens (including phenoxy) is 2. The second-order valence-electron chi connectivity index (χ2n) is 4.57. The van der Waals surface area contributed by atoms with Gasteiger partial charge in [0.2, 0.25) is 5.43 Å². The minimum absolute atomic E-state index is 0.0830. The van der Waals surface area contributed by atoms with E-state index in [2.05, 4.69) is 0 Å². The Morgan fingerprint density at radius 3 is 2.24 bits per heavy atom. The average molecular weight is 282 g/mol. The Hall–Kier alpha value is -2.75. The van der Waals surface area contributed by atoms with Crippen LogP contribution in [0, 0.1) is 0 Å². The maximum Gasteiger partial charge on any atom is 0.200 e. The fourth-order valence-electron chi connectivity index (χ4n) is 2.21. The molecule has 4 heteroatoms. The molecule has 1 aromatic heterocycles. The number of benzene rings is 2. The molecule has 0 spiro atoms. The van der Waals surface area contributed by atoms with Crippen molar-refractivity contribution >= 4 is 11.0 Å². The summed E-state index contributed by atoms with van der Waals surface area (Å²) >= 11 is 0. The Bertz CT molecular complexity index is 832. The monoisotopic (exact) mass is 282 g/mol. The minimum atomic E-state index is -0.0830. The van der Waals surface area contributed by atoms with Crippen LogP contribution >= 0.6 is 0 Å². The van der Waals surface area contributed by atoms with Crippen LogP contribution in [0.1, 0.15) is 0 Å². The van der Waals surface area contributed by atoms with E-state index in [9.17, 15) is 4.79 Å². The summed E-state index contributed by atoms with van der Waals surface area (Å²) in [5.74, 6) is 1.37. The van der Waals surface area contributed by atoms with E-state index in [0.717, 1.165) is 11.3 Å². The molecule has 3 rings (SSSR count). The second kappa shape index (κ2) is 5.32. The van der Waals surface area contributed by atoms with E-state index in [1.165, 1.54) is 6.26 Å². The highest BCUT2D eigenvalue weighted by atomic mass is 16.5. The Balaban J connectivity index is 2.18. The number of methoxy groups -OCH3 is 2. The summed E-state index contributed by atoms with van der Waals surface area (Å²) in [6.45, 7) is 0. The molecule has 3 aromatic rings. The second-order valence-corrected chi connectivity index (χ2v) is 4.57. The van der Waals surface area contributed by atoms with Crippen molar-refractivity contribution < 1.29 is 13.9 Å². The summed E-state index contributed by atoms with van der Waals surface area (Å²) in [5, 5.41) is 0.502. The molecule has 0 radical (unpaired) electrons. The van der Waals surface area contributed by atoms with Crippen molar-refractivity contribution in [2.75, 3.05) is 14.2 Å². The van der Waals surface area contributed by atoms with Gasteiger partial charge in [-0.3, -0.25) is 4.79 Å². The molecule has 21 heavy (non-hydrogen) atoms. The Morgan fingerprint density at radius 2 is 1.57 bits per heavy atom. The third kappa shape index (κ3) is 2.36. The SMILES string of the molecule is COc1ccc(-c2coc3ccc(OC)cc3c2=O)cc1. The van der Waals surface area contributed by atoms with Crippen LogP contribution in [0.5, 0.6) is 11.5 Å². The zero-order chi connectivity index (χ0) is 14.8. The molecular weight excluding hydrogens is 268 g/mol. The van der Waals surface area contributed by atoms with Crippen LogP contribution in [0.4, 0.5) is 0 Å². The third-order valence-corrected chi connectivity index (χ3v) is 3.38. The Labute approximate surface area is 121 Å². The quantitative estimate of drug-likeness (QED) is 0.738. The number of fused-ring (bicyclic) bond motifs is 1. The van der Waals surface area contributed by atoms with Crippen LogP contribution in [0.25, 0.3) is 22.1 Å². The normalized spacial score (nSPS) is 10.6. The van der Waals surface area contributed by atoms with Crippen LogP contribution in [0.15, 0.2) is 57.9 Å². The molecule has 0 aliphatic rings. The van der Waals surface area contributed by atoms with Crippen molar-refractivity contribution in [2.24, 2.45) is 0 Å². The smallest absolute Gasteiger partial charge is 0.200 e. The molecule has 0 amide bonds. The maximum absolute atomic E-state index is 12.6. The molecule has 0 N–H and O–H groups in total. The van der Waals surface area contributed by atoms with Crippen molar-refractivity contribution in [3.8, 4) is 22.6 Å². The van der Waals surface area contributed by atoms with Gasteiger partial charge in [-0.15, -0.1) is 0 Å². The molecule has 0 aliphatic heterocycles. The Morgan fingerprint density at radius 1 is 0.905 bits per heavy atom. The van der Waals surface area contributed by atoms with Gasteiger partial charge in [-0.2, -0.15) is 0 Å². The molecule has 4 nitrogen and oxygen atoms in total. The number of hydrogen-bond acceptors (Lipinski definition) is 4. The molecule has 0 fully saturated rings. The fraction of sp³-hybridized carbons (Fsp3) is 0.118. The van der Waals surface area contributed by atoms with Crippen molar-refractivity contribution in [1.82, 2.24) is 0 Å². The first-order valence-corrected chi connectivity index (χ1v) is 6.47. The molecule has 0 bridgehead atoms. The van der Waals surface area contributed by atoms with Crippen LogP contribution in [-0.2, 0) is 0 Å². The molecule has 1 heterocycles. The molecular formula is C17H14O4. The van der Waals surface area contributed by atoms with Crippen LogP contribution < -0.4 is 14.9 Å². The zero-order valence-corrected chi connectivity index (χ0v) is 11.8. The van der Waals surface area contributed by atoms with Crippen molar-refractivity contribution in [3.63, 3.8) is 0 Å². The summed E-state index contributed by atoms with van der Waals surface area (Å²) < 4.78 is 15.8. The molecule has 0 atom stereocenters. The predicted octanol–water partition coefficient (Wildman–Crippen LogP) is 3.48. The van der Waals surface area contributed by atoms with Gasteiger partial charge in [-0.1, -0.05) is 12.1 Å². The van der Waals surface area contributed by atoms with E-state index in [0.29, 0.717) is 22.3 Å². The lowest BCUT2D eigenvalue weighted by Gasteiger charge is -2.05. The van der Waals surface area contributed by atoms with E-state index in [1.54, 1.807) is 32.4 Å². The van der Waals surface area contributed by atoms with Crippen molar-refractivity contribution in [3.05, 3.63) is 59.0 Å². The third-order valence-electron chi connectivity index (χ3n) is 3.38. The first-order valence-electron chi connectivity index (χ1n) is 6.47. The lowest BCUT2D eigenvalue weighted by Crippen LogP contribution is -2.04. The summed E-state index contributed by atoms with van der Waals surface area (Å²) in [5.41, 5.74) is 1.76. The van der Waals surface area contributed by atoms with Gasteiger partial charge in [-0.25, -0.2) is 0 Å². The van der Waals surface area contributed by atoms with Crippen LogP contribution in [-0.4, -0.2) is 14.2 Å². The van der Waals surface area contributed by atoms with Gasteiger partial charge in [0.25, 0.3) is 0 Å². The van der Waals surface area contributed by atoms with Gasteiger partial charge in [0, 0.05) is 0 Å². The molecule has 2 aromatic carbocycles. The lowest BCUT2D eigenvalue weighted by molar-refractivity contribution is 0.415. The van der Waals surface area contributed by atoms with Crippen molar-refractivity contribution in [1.29, 1.82) is 0 Å². The van der Waals surface area contributed by atoms with Gasteiger partial charge in [0.15, 0.2) is 0 Å². The summed E-state index contributed by atoms with van der Waals surface area (Å²) in [7, 11) is 3.17. The van der Waals surface area contributed by atoms with Gasteiger partial charge in [-0.05, 0) is 35.9 Å². The molecule has 106 valence electrons. The zero-order valence-electron chi connectivity index (χ0n) is 11.8. The van der Waals surface area contributed by atoms with Gasteiger partial charge in [0.05, 0.1) is 25.2 Å². The van der Waals surface area contributed by atoms with Gasteiger partial charge >= 0.3 is 0 Å². The van der Waals surface area contributed by atoms with E-state index in [-0.39, 0.29) is 5.43 Å². The number of rotatable bonds is 3. The summed E-state index contributed by atoms with van der Waals surface area (Å²) in [4.78, 5) is 12.6. The highest BCUT2D eigenvalue weighted by Crippen LogP contribution is 2.24. The van der Waals surface area contributed by atoms with Crippen LogP contribution in [0.3, 0.4) is 0 Å². The lowest BCUT2D eigenvalue weighted by atomic mass is 10.1. The predicted molar refractivity (Wildman–Crippen MR) is 81.0 cm³/mol. The summed E-state index contributed by atoms with van der Waals surface area (Å²) in [6, 6.07) is 12.5. The highest BCUT2D eigenvalue weighted by Gasteiger charge is 2.10. The van der Waals surface area contributed by atoms with Gasteiger partial charge < -0.3 is 13.9 Å². The van der Waals surface area contributed by atoms with Gasteiger partial charge in [0.1, 0.15) is 23.3 Å². The molecule has 0 aliphatic carbocycles. The topological polar surface area (TPSA) is 48.7 Å². The standard InChI is InChI=1S/C17H14O4/c1-19-12-5-3-11(4-6-12)15-10-21-16-8-7-13(20-2)9-14(16)17(15)18/h3-10H,1-2H3. The molecule has 0 saturated heterocycles. The van der Waals surface area contributed by atoms with E-state index < -0.39 is 0 Å². The largest absolute Gasteiger partial charge is 0.497 e. The molecule has 0 unspecified atom stereocenters. The van der Waals surface area contributed by atoms with E-state index in [1.807, 2.05) is 24.3 Å². The van der Waals surface area contributed by atoms with Crippen molar-refractivity contribution in [2.45, 2.75) is 0 Å². The highest BCUT2D eigenvalue weighted by molar-refractivity contribution is 5.82. The van der Waals surface area contributed by atoms with E-state index >= 15 is 0 Å².